The molecule has 23 heavy (non-hydrogen) atoms. The van der Waals surface area contributed by atoms with E-state index in [1.807, 2.05) is 0 Å². The molecular weight excluding hydrogens is 327 g/mol. The standard InChI is InChI=1S/C15H12F3N3OS/c16-15(17,18)11-6-8-12(9-7-11)20-21-14(23)19-13(22)10-4-2-1-3-5-10/h1-9,20H,(H2,19,21,22,23). The van der Waals surface area contributed by atoms with E-state index in [1.54, 1.807) is 30.3 Å². The number of amides is 1. The Morgan fingerprint density at radius 3 is 2.13 bits per heavy atom. The van der Waals surface area contributed by atoms with Gasteiger partial charge in [0.1, 0.15) is 0 Å². The number of rotatable bonds is 3. The Labute approximate surface area is 135 Å². The van der Waals surface area contributed by atoms with E-state index in [4.69, 9.17) is 12.2 Å². The first-order valence-corrected chi connectivity index (χ1v) is 6.87. The third-order valence-electron chi connectivity index (χ3n) is 2.80. The van der Waals surface area contributed by atoms with Crippen molar-refractivity contribution in [1.29, 1.82) is 0 Å². The van der Waals surface area contributed by atoms with Gasteiger partial charge in [0.05, 0.1) is 11.3 Å². The lowest BCUT2D eigenvalue weighted by molar-refractivity contribution is -0.137. The predicted octanol–water partition coefficient (Wildman–Crippen LogP) is 3.34. The number of anilines is 1. The number of halogens is 3. The summed E-state index contributed by atoms with van der Waals surface area (Å²) in [7, 11) is 0. The number of carbonyl (C=O) groups is 1. The zero-order valence-corrected chi connectivity index (χ0v) is 12.5. The van der Waals surface area contributed by atoms with E-state index < -0.39 is 17.6 Å². The van der Waals surface area contributed by atoms with E-state index in [2.05, 4.69) is 16.2 Å². The van der Waals surface area contributed by atoms with E-state index in [9.17, 15) is 18.0 Å². The van der Waals surface area contributed by atoms with Gasteiger partial charge in [0.25, 0.3) is 5.91 Å². The monoisotopic (exact) mass is 339 g/mol. The highest BCUT2D eigenvalue weighted by molar-refractivity contribution is 7.80. The molecule has 0 fully saturated rings. The maximum Gasteiger partial charge on any atom is 0.416 e. The van der Waals surface area contributed by atoms with Crippen molar-refractivity contribution < 1.29 is 18.0 Å². The molecule has 0 radical (unpaired) electrons. The summed E-state index contributed by atoms with van der Waals surface area (Å²) >= 11 is 4.93. The molecule has 0 unspecified atom stereocenters. The molecule has 0 aliphatic rings. The summed E-state index contributed by atoms with van der Waals surface area (Å²) in [6, 6.07) is 12.8. The molecule has 1 amide bonds. The smallest absolute Gasteiger partial charge is 0.299 e. The Morgan fingerprint density at radius 1 is 0.957 bits per heavy atom. The van der Waals surface area contributed by atoms with Gasteiger partial charge < -0.3 is 0 Å². The van der Waals surface area contributed by atoms with Crippen LogP contribution in [-0.2, 0) is 6.18 Å². The Balaban J connectivity index is 1.86. The molecule has 0 saturated carbocycles. The largest absolute Gasteiger partial charge is 0.416 e. The molecule has 0 bridgehead atoms. The highest BCUT2D eigenvalue weighted by atomic mass is 32.1. The molecule has 0 aliphatic carbocycles. The number of benzene rings is 2. The van der Waals surface area contributed by atoms with Crippen LogP contribution < -0.4 is 16.2 Å². The minimum atomic E-state index is -4.38. The van der Waals surface area contributed by atoms with Crippen LogP contribution in [0.25, 0.3) is 0 Å². The fraction of sp³-hybridized carbons (Fsp3) is 0.0667. The molecule has 0 aromatic heterocycles. The third-order valence-corrected chi connectivity index (χ3v) is 3.00. The average Bonchev–Trinajstić information content (AvgIpc) is 2.53. The average molecular weight is 339 g/mol. The number of thiocarbonyl (C=S) groups is 1. The van der Waals surface area contributed by atoms with Gasteiger partial charge in [0, 0.05) is 5.56 Å². The minimum Gasteiger partial charge on any atom is -0.299 e. The maximum atomic E-state index is 12.4. The van der Waals surface area contributed by atoms with E-state index >= 15 is 0 Å². The summed E-state index contributed by atoms with van der Waals surface area (Å²) in [5.41, 5.74) is 5.19. The number of carbonyl (C=O) groups excluding carboxylic acids is 1. The minimum absolute atomic E-state index is 0.00116. The maximum absolute atomic E-state index is 12.4. The first-order chi connectivity index (χ1) is 10.9. The summed E-state index contributed by atoms with van der Waals surface area (Å²) in [5.74, 6) is -0.391. The van der Waals surface area contributed by atoms with Gasteiger partial charge in [-0.05, 0) is 48.6 Å². The van der Waals surface area contributed by atoms with Gasteiger partial charge in [-0.15, -0.1) is 0 Å². The lowest BCUT2D eigenvalue weighted by atomic mass is 10.2. The van der Waals surface area contributed by atoms with Gasteiger partial charge in [0.15, 0.2) is 5.11 Å². The topological polar surface area (TPSA) is 53.2 Å². The molecule has 2 aromatic carbocycles. The van der Waals surface area contributed by atoms with Crippen LogP contribution in [0.3, 0.4) is 0 Å². The van der Waals surface area contributed by atoms with Crippen LogP contribution in [0.5, 0.6) is 0 Å². The summed E-state index contributed by atoms with van der Waals surface area (Å²) in [6.45, 7) is 0. The second-order valence-corrected chi connectivity index (χ2v) is 4.88. The molecule has 3 N–H and O–H groups in total. The van der Waals surface area contributed by atoms with Gasteiger partial charge >= 0.3 is 6.18 Å². The van der Waals surface area contributed by atoms with Gasteiger partial charge in [-0.1, -0.05) is 18.2 Å². The van der Waals surface area contributed by atoms with Crippen molar-refractivity contribution in [3.8, 4) is 0 Å². The van der Waals surface area contributed by atoms with Crippen LogP contribution in [-0.4, -0.2) is 11.0 Å². The summed E-state index contributed by atoms with van der Waals surface area (Å²) in [5, 5.41) is 2.44. The highest BCUT2D eigenvalue weighted by Gasteiger charge is 2.29. The fourth-order valence-corrected chi connectivity index (χ4v) is 1.81. The molecule has 0 aliphatic heterocycles. The predicted molar refractivity (Wildman–Crippen MR) is 84.7 cm³/mol. The van der Waals surface area contributed by atoms with Crippen molar-refractivity contribution in [3.05, 3.63) is 65.7 Å². The number of hydrogen-bond donors (Lipinski definition) is 3. The number of nitrogens with one attached hydrogen (secondary N) is 3. The quantitative estimate of drug-likeness (QED) is 0.593. The van der Waals surface area contributed by atoms with Gasteiger partial charge in [-0.2, -0.15) is 13.2 Å². The molecular formula is C15H12F3N3OS. The molecule has 4 nitrogen and oxygen atoms in total. The first kappa shape index (κ1) is 16.8. The van der Waals surface area contributed by atoms with Crippen molar-refractivity contribution in [2.45, 2.75) is 6.18 Å². The van der Waals surface area contributed by atoms with Crippen LogP contribution in [0.1, 0.15) is 15.9 Å². The van der Waals surface area contributed by atoms with Crippen molar-refractivity contribution in [3.63, 3.8) is 0 Å². The molecule has 2 aromatic rings. The molecule has 0 saturated heterocycles. The molecule has 120 valence electrons. The fourth-order valence-electron chi connectivity index (χ4n) is 1.67. The van der Waals surface area contributed by atoms with Crippen molar-refractivity contribution >= 4 is 28.9 Å². The molecule has 2 rings (SSSR count). The van der Waals surface area contributed by atoms with E-state index in [1.165, 1.54) is 12.1 Å². The normalized spacial score (nSPS) is 10.7. The second-order valence-electron chi connectivity index (χ2n) is 4.47. The Bertz CT molecular complexity index is 687. The van der Waals surface area contributed by atoms with Crippen LogP contribution in [0.4, 0.5) is 18.9 Å². The van der Waals surface area contributed by atoms with Crippen LogP contribution in [0, 0.1) is 0 Å². The Morgan fingerprint density at radius 2 is 1.57 bits per heavy atom. The van der Waals surface area contributed by atoms with E-state index in [0.29, 0.717) is 11.3 Å². The Kier molecular flexibility index (Phi) is 5.17. The summed E-state index contributed by atoms with van der Waals surface area (Å²) in [6.07, 6.45) is -4.38. The first-order valence-electron chi connectivity index (χ1n) is 6.46. The molecule has 0 atom stereocenters. The zero-order valence-electron chi connectivity index (χ0n) is 11.6. The lowest BCUT2D eigenvalue weighted by Gasteiger charge is -2.12. The van der Waals surface area contributed by atoms with Crippen molar-refractivity contribution in [2.75, 3.05) is 5.43 Å². The molecule has 0 spiro atoms. The van der Waals surface area contributed by atoms with Gasteiger partial charge in [-0.3, -0.25) is 21.0 Å². The number of alkyl halides is 3. The van der Waals surface area contributed by atoms with Gasteiger partial charge in [0.2, 0.25) is 0 Å². The van der Waals surface area contributed by atoms with Gasteiger partial charge in [-0.25, -0.2) is 0 Å². The van der Waals surface area contributed by atoms with E-state index in [0.717, 1.165) is 12.1 Å². The second kappa shape index (κ2) is 7.10. The summed E-state index contributed by atoms with van der Waals surface area (Å²) < 4.78 is 37.3. The number of hydrogen-bond acceptors (Lipinski definition) is 3. The van der Waals surface area contributed by atoms with Crippen LogP contribution in [0.15, 0.2) is 54.6 Å². The van der Waals surface area contributed by atoms with Crippen molar-refractivity contribution in [2.24, 2.45) is 0 Å². The number of hydrazine groups is 1. The molecule has 0 heterocycles. The van der Waals surface area contributed by atoms with Crippen molar-refractivity contribution in [1.82, 2.24) is 10.7 Å². The molecule has 8 heteroatoms. The highest BCUT2D eigenvalue weighted by Crippen LogP contribution is 2.29. The third kappa shape index (κ3) is 4.96. The SMILES string of the molecule is O=C(NC(=S)NNc1ccc(C(F)(F)F)cc1)c1ccccc1. The zero-order chi connectivity index (χ0) is 16.9. The van der Waals surface area contributed by atoms with Crippen LogP contribution in [0.2, 0.25) is 0 Å². The Hall–Kier alpha value is -2.61. The van der Waals surface area contributed by atoms with Crippen LogP contribution >= 0.6 is 12.2 Å². The van der Waals surface area contributed by atoms with E-state index in [-0.39, 0.29) is 5.11 Å². The summed E-state index contributed by atoms with van der Waals surface area (Å²) in [4.78, 5) is 11.8. The lowest BCUT2D eigenvalue weighted by Crippen LogP contribution is -2.41.